The highest BCUT2D eigenvalue weighted by atomic mass is 19.4. The van der Waals surface area contributed by atoms with Gasteiger partial charge in [0, 0.05) is 50.0 Å². The van der Waals surface area contributed by atoms with Gasteiger partial charge in [-0.3, -0.25) is 14.6 Å². The third kappa shape index (κ3) is 6.15. The molecule has 2 saturated carbocycles. The molecule has 1 aliphatic heterocycles. The lowest BCUT2D eigenvalue weighted by atomic mass is 9.80. The van der Waals surface area contributed by atoms with Crippen molar-refractivity contribution < 1.29 is 31.5 Å². The van der Waals surface area contributed by atoms with Crippen LogP contribution in [-0.4, -0.2) is 61.3 Å². The summed E-state index contributed by atoms with van der Waals surface area (Å²) in [5, 5.41) is 14.1. The molecule has 1 saturated heterocycles. The summed E-state index contributed by atoms with van der Waals surface area (Å²) < 4.78 is 65.5. The summed E-state index contributed by atoms with van der Waals surface area (Å²) >= 11 is 0. The first kappa shape index (κ1) is 28.8. The molecule has 0 aromatic heterocycles. The second kappa shape index (κ2) is 11.3. The predicted molar refractivity (Wildman–Crippen MR) is 140 cm³/mol. The Hall–Kier alpha value is -3.72. The fourth-order valence-corrected chi connectivity index (χ4v) is 6.45. The van der Waals surface area contributed by atoms with Gasteiger partial charge >= 0.3 is 18.1 Å². The number of likely N-dealkylation sites (tertiary alicyclic amines) is 1. The number of hydrogen-bond acceptors (Lipinski definition) is 4. The number of carbonyl (C=O) groups excluding carboxylic acids is 2. The van der Waals surface area contributed by atoms with E-state index >= 15 is 0 Å². The van der Waals surface area contributed by atoms with Crippen molar-refractivity contribution in [3.63, 3.8) is 0 Å². The normalized spacial score (nSPS) is 25.6. The molecule has 4 unspecified atom stereocenters. The van der Waals surface area contributed by atoms with E-state index in [0.29, 0.717) is 37.9 Å². The maximum Gasteiger partial charge on any atom is 0.471 e. The van der Waals surface area contributed by atoms with Crippen LogP contribution in [0.4, 0.5) is 32.4 Å². The summed E-state index contributed by atoms with van der Waals surface area (Å²) in [6, 6.07) is 11.8. The molecule has 12 heteroatoms. The van der Waals surface area contributed by atoms with Gasteiger partial charge in [-0.2, -0.15) is 18.4 Å². The van der Waals surface area contributed by atoms with E-state index in [0.717, 1.165) is 30.5 Å². The molecule has 41 heavy (non-hydrogen) atoms. The average Bonchev–Trinajstić information content (AvgIpc) is 3.52. The SMILES string of the molecule is N#Cc1cccc(C23CCC(N(C(=O)NCCN4CCC(NC(=O)C(F)(F)F)C4)c4ccc(F)c(F)c4)CC2C3)c1. The number of nitrogens with zero attached hydrogens (tertiary/aromatic N) is 3. The van der Waals surface area contributed by atoms with Crippen molar-refractivity contribution in [2.24, 2.45) is 5.92 Å². The van der Waals surface area contributed by atoms with Crippen LogP contribution in [0.5, 0.6) is 0 Å². The third-order valence-electron chi connectivity index (χ3n) is 8.61. The molecule has 0 radical (unpaired) electrons. The van der Waals surface area contributed by atoms with Gasteiger partial charge in [-0.1, -0.05) is 12.1 Å². The number of nitriles is 1. The number of nitrogens with one attached hydrogen (secondary N) is 2. The number of urea groups is 1. The highest BCUT2D eigenvalue weighted by Gasteiger charge is 2.58. The van der Waals surface area contributed by atoms with Crippen molar-refractivity contribution in [1.82, 2.24) is 15.5 Å². The number of fused-ring (bicyclic) bond motifs is 1. The van der Waals surface area contributed by atoms with Crippen LogP contribution in [0.1, 0.15) is 43.2 Å². The number of hydrogen-bond donors (Lipinski definition) is 2. The van der Waals surface area contributed by atoms with Crippen molar-refractivity contribution in [2.45, 2.75) is 55.8 Å². The Morgan fingerprint density at radius 1 is 1.12 bits per heavy atom. The Morgan fingerprint density at radius 3 is 2.63 bits per heavy atom. The zero-order chi connectivity index (χ0) is 29.4. The van der Waals surface area contributed by atoms with Gasteiger partial charge in [0.25, 0.3) is 0 Å². The summed E-state index contributed by atoms with van der Waals surface area (Å²) in [5.74, 6) is -3.76. The number of rotatable bonds is 7. The first-order valence-corrected chi connectivity index (χ1v) is 13.6. The topological polar surface area (TPSA) is 88.5 Å². The molecule has 3 fully saturated rings. The molecule has 3 amide bonds. The van der Waals surface area contributed by atoms with Gasteiger partial charge in [0.1, 0.15) is 0 Å². The lowest BCUT2D eigenvalue weighted by Gasteiger charge is -2.37. The molecule has 4 atom stereocenters. The van der Waals surface area contributed by atoms with E-state index in [1.54, 1.807) is 6.07 Å². The lowest BCUT2D eigenvalue weighted by molar-refractivity contribution is -0.174. The maximum absolute atomic E-state index is 14.2. The number of alkyl halides is 3. The Kier molecular flexibility index (Phi) is 7.92. The molecular formula is C29H30F5N5O2. The zero-order valence-corrected chi connectivity index (χ0v) is 22.2. The smallest absolute Gasteiger partial charge is 0.344 e. The second-order valence-corrected chi connectivity index (χ2v) is 11.1. The van der Waals surface area contributed by atoms with Gasteiger partial charge in [0.05, 0.1) is 11.6 Å². The summed E-state index contributed by atoms with van der Waals surface area (Å²) in [6.07, 6.45) is -1.58. The van der Waals surface area contributed by atoms with E-state index in [4.69, 9.17) is 0 Å². The van der Waals surface area contributed by atoms with Gasteiger partial charge in [-0.05, 0) is 73.3 Å². The molecule has 0 bridgehead atoms. The van der Waals surface area contributed by atoms with Crippen molar-refractivity contribution in [3.05, 3.63) is 65.2 Å². The predicted octanol–water partition coefficient (Wildman–Crippen LogP) is 4.62. The lowest BCUT2D eigenvalue weighted by Crippen LogP contribution is -2.50. The second-order valence-electron chi connectivity index (χ2n) is 11.1. The van der Waals surface area contributed by atoms with Crippen molar-refractivity contribution in [2.75, 3.05) is 31.1 Å². The Labute approximate surface area is 234 Å². The first-order valence-electron chi connectivity index (χ1n) is 13.6. The van der Waals surface area contributed by atoms with Crippen LogP contribution >= 0.6 is 0 Å². The molecule has 2 aromatic rings. The van der Waals surface area contributed by atoms with Gasteiger partial charge < -0.3 is 10.6 Å². The highest BCUT2D eigenvalue weighted by Crippen LogP contribution is 2.63. The number of amides is 3. The van der Waals surface area contributed by atoms with Crippen LogP contribution in [0.2, 0.25) is 0 Å². The summed E-state index contributed by atoms with van der Waals surface area (Å²) in [6.45, 7) is 1.22. The van der Waals surface area contributed by atoms with E-state index in [9.17, 15) is 36.8 Å². The fourth-order valence-electron chi connectivity index (χ4n) is 6.45. The van der Waals surface area contributed by atoms with E-state index in [1.165, 1.54) is 11.0 Å². The molecule has 218 valence electrons. The van der Waals surface area contributed by atoms with E-state index < -0.39 is 35.8 Å². The minimum Gasteiger partial charge on any atom is -0.344 e. The van der Waals surface area contributed by atoms with Gasteiger partial charge in [0.15, 0.2) is 11.6 Å². The molecule has 5 rings (SSSR count). The van der Waals surface area contributed by atoms with Crippen LogP contribution in [-0.2, 0) is 10.2 Å². The largest absolute Gasteiger partial charge is 0.471 e. The molecule has 1 heterocycles. The van der Waals surface area contributed by atoms with Crippen LogP contribution in [0.25, 0.3) is 0 Å². The molecule has 2 N–H and O–H groups in total. The molecule has 0 spiro atoms. The van der Waals surface area contributed by atoms with Crippen LogP contribution in [0, 0.1) is 28.9 Å². The monoisotopic (exact) mass is 575 g/mol. The standard InChI is InChI=1S/C29H30F5N5O2/c30-24-5-4-22(14-25(24)31)39(23-6-8-28(15-20(28)13-23)19-3-1-2-18(12-19)16-35)27(41)36-9-11-38-10-7-21(17-38)37-26(40)29(32,33)34/h1-5,12,14,20-21,23H,6-11,13,15,17H2,(H,36,41)(H,37,40). The number of benzene rings is 2. The van der Waals surface area contributed by atoms with Gasteiger partial charge in [-0.15, -0.1) is 0 Å². The molecule has 3 aliphatic rings. The average molecular weight is 576 g/mol. The Bertz CT molecular complexity index is 1360. The number of carbonyl (C=O) groups is 2. The first-order chi connectivity index (χ1) is 19.5. The zero-order valence-electron chi connectivity index (χ0n) is 22.2. The van der Waals surface area contributed by atoms with Crippen molar-refractivity contribution in [1.29, 1.82) is 5.26 Å². The molecule has 2 aromatic carbocycles. The Morgan fingerprint density at radius 2 is 1.93 bits per heavy atom. The maximum atomic E-state index is 14.2. The molecule has 2 aliphatic carbocycles. The summed E-state index contributed by atoms with van der Waals surface area (Å²) in [5.41, 5.74) is 1.90. The number of anilines is 1. The minimum absolute atomic E-state index is 0.0482. The molecule has 7 nitrogen and oxygen atoms in total. The van der Waals surface area contributed by atoms with E-state index in [-0.39, 0.29) is 36.2 Å². The van der Waals surface area contributed by atoms with E-state index in [2.05, 4.69) is 11.4 Å². The summed E-state index contributed by atoms with van der Waals surface area (Å²) in [4.78, 5) is 28.0. The van der Waals surface area contributed by atoms with Crippen molar-refractivity contribution in [3.8, 4) is 6.07 Å². The van der Waals surface area contributed by atoms with Crippen LogP contribution < -0.4 is 15.5 Å². The van der Waals surface area contributed by atoms with E-state index in [1.807, 2.05) is 28.4 Å². The minimum atomic E-state index is -4.94. The van der Waals surface area contributed by atoms with Gasteiger partial charge in [0.2, 0.25) is 0 Å². The van der Waals surface area contributed by atoms with Crippen LogP contribution in [0.15, 0.2) is 42.5 Å². The quantitative estimate of drug-likeness (QED) is 0.472. The third-order valence-corrected chi connectivity index (χ3v) is 8.61. The fraction of sp³-hybridized carbons (Fsp3) is 0.483. The Balaban J connectivity index is 1.22. The van der Waals surface area contributed by atoms with Crippen LogP contribution in [0.3, 0.4) is 0 Å². The highest BCUT2D eigenvalue weighted by molar-refractivity contribution is 5.92. The number of halogens is 5. The van der Waals surface area contributed by atoms with Crippen molar-refractivity contribution >= 4 is 17.6 Å². The summed E-state index contributed by atoms with van der Waals surface area (Å²) in [7, 11) is 0. The molecular weight excluding hydrogens is 545 g/mol. The van der Waals surface area contributed by atoms with Gasteiger partial charge in [-0.25, -0.2) is 13.6 Å².